The molecule has 1 atom stereocenters. The molecule has 0 saturated heterocycles. The number of halogens is 1. The lowest BCUT2D eigenvalue weighted by Crippen LogP contribution is -2.23. The van der Waals surface area contributed by atoms with Gasteiger partial charge in [-0.3, -0.25) is 9.36 Å². The van der Waals surface area contributed by atoms with Crippen molar-refractivity contribution < 1.29 is 13.9 Å². The van der Waals surface area contributed by atoms with Crippen molar-refractivity contribution in [2.24, 2.45) is 0 Å². The second-order valence-electron chi connectivity index (χ2n) is 6.97. The van der Waals surface area contributed by atoms with Crippen LogP contribution in [-0.4, -0.2) is 33.0 Å². The number of carbonyl (C=O) groups excluding carboxylic acids is 1. The Kier molecular flexibility index (Phi) is 6.51. The number of nitrogens with one attached hydrogen (secondary N) is 1. The lowest BCUT2D eigenvalue weighted by Gasteiger charge is -2.14. The van der Waals surface area contributed by atoms with Crippen molar-refractivity contribution in [2.45, 2.75) is 17.3 Å². The van der Waals surface area contributed by atoms with E-state index in [0.29, 0.717) is 22.4 Å². The summed E-state index contributed by atoms with van der Waals surface area (Å²) in [5.41, 5.74) is 2.11. The smallest absolute Gasteiger partial charge is 0.237 e. The Balaban J connectivity index is 1.65. The molecule has 0 fully saturated rings. The molecule has 1 unspecified atom stereocenters. The highest BCUT2D eigenvalue weighted by Crippen LogP contribution is 2.31. The van der Waals surface area contributed by atoms with Crippen LogP contribution in [0, 0.1) is 5.82 Å². The molecule has 1 N–H and O–H groups in total. The number of hydrogen-bond donors (Lipinski definition) is 1. The van der Waals surface area contributed by atoms with Gasteiger partial charge in [0.2, 0.25) is 5.91 Å². The summed E-state index contributed by atoms with van der Waals surface area (Å²) < 4.78 is 20.7. The Bertz CT molecular complexity index is 1230. The molecule has 3 aromatic carbocycles. The van der Waals surface area contributed by atoms with Gasteiger partial charge < -0.3 is 10.1 Å². The van der Waals surface area contributed by atoms with Crippen LogP contribution in [-0.2, 0) is 4.79 Å². The van der Waals surface area contributed by atoms with Crippen LogP contribution < -0.4 is 10.1 Å². The average Bonchev–Trinajstić information content (AvgIpc) is 3.23. The Morgan fingerprint density at radius 2 is 1.81 bits per heavy atom. The van der Waals surface area contributed by atoms with Crippen LogP contribution in [0.3, 0.4) is 0 Å². The molecule has 162 valence electrons. The van der Waals surface area contributed by atoms with Gasteiger partial charge in [0.05, 0.1) is 12.4 Å². The first-order chi connectivity index (χ1) is 15.5. The minimum atomic E-state index is -0.497. The van der Waals surface area contributed by atoms with E-state index in [0.717, 1.165) is 11.3 Å². The van der Waals surface area contributed by atoms with Gasteiger partial charge in [-0.25, -0.2) is 4.39 Å². The van der Waals surface area contributed by atoms with Crippen molar-refractivity contribution in [2.75, 3.05) is 12.4 Å². The van der Waals surface area contributed by atoms with Crippen molar-refractivity contribution in [3.8, 4) is 22.8 Å². The average molecular weight is 449 g/mol. The minimum Gasteiger partial charge on any atom is -0.497 e. The number of carbonyl (C=O) groups is 1. The molecule has 0 aliphatic rings. The third-order valence-electron chi connectivity index (χ3n) is 4.72. The fourth-order valence-corrected chi connectivity index (χ4v) is 3.99. The maximum absolute atomic E-state index is 13.4. The molecule has 1 heterocycles. The highest BCUT2D eigenvalue weighted by Gasteiger charge is 2.22. The molecule has 0 radical (unpaired) electrons. The predicted molar refractivity (Wildman–Crippen MR) is 124 cm³/mol. The number of ether oxygens (including phenoxy) is 1. The SMILES string of the molecule is COc1cccc(-c2nnc(SC(C)C(=O)Nc3cccc(F)c3)n2-c2ccccc2)c1. The number of benzene rings is 3. The highest BCUT2D eigenvalue weighted by atomic mass is 32.2. The number of amides is 1. The van der Waals surface area contributed by atoms with Crippen LogP contribution in [0.4, 0.5) is 10.1 Å². The molecule has 4 aromatic rings. The van der Waals surface area contributed by atoms with E-state index in [2.05, 4.69) is 15.5 Å². The van der Waals surface area contributed by atoms with Gasteiger partial charge in [-0.1, -0.05) is 48.2 Å². The molecular formula is C24H21FN4O2S. The number of aromatic nitrogens is 3. The first-order valence-electron chi connectivity index (χ1n) is 9.93. The lowest BCUT2D eigenvalue weighted by atomic mass is 10.2. The summed E-state index contributed by atoms with van der Waals surface area (Å²) in [6.07, 6.45) is 0. The first kappa shape index (κ1) is 21.6. The second kappa shape index (κ2) is 9.65. The van der Waals surface area contributed by atoms with Gasteiger partial charge in [-0.15, -0.1) is 10.2 Å². The molecular weight excluding hydrogens is 427 g/mol. The molecule has 4 rings (SSSR count). The molecule has 0 aliphatic heterocycles. The number of methoxy groups -OCH3 is 1. The van der Waals surface area contributed by atoms with Gasteiger partial charge >= 0.3 is 0 Å². The normalized spacial score (nSPS) is 11.7. The number of nitrogens with zero attached hydrogens (tertiary/aromatic N) is 3. The predicted octanol–water partition coefficient (Wildman–Crippen LogP) is 5.20. The third kappa shape index (κ3) is 4.81. The first-order valence-corrected chi connectivity index (χ1v) is 10.8. The van der Waals surface area contributed by atoms with Gasteiger partial charge in [-0.2, -0.15) is 0 Å². The maximum Gasteiger partial charge on any atom is 0.237 e. The van der Waals surface area contributed by atoms with Crippen LogP contribution in [0.2, 0.25) is 0 Å². The van der Waals surface area contributed by atoms with E-state index in [1.54, 1.807) is 26.2 Å². The summed E-state index contributed by atoms with van der Waals surface area (Å²) in [6, 6.07) is 23.1. The van der Waals surface area contributed by atoms with Gasteiger partial charge in [0.1, 0.15) is 11.6 Å². The zero-order chi connectivity index (χ0) is 22.5. The van der Waals surface area contributed by atoms with Crippen LogP contribution in [0.15, 0.2) is 84.0 Å². The Labute approximate surface area is 189 Å². The van der Waals surface area contributed by atoms with Crippen LogP contribution >= 0.6 is 11.8 Å². The zero-order valence-electron chi connectivity index (χ0n) is 17.5. The molecule has 0 saturated carbocycles. The van der Waals surface area contributed by atoms with Crippen LogP contribution in [0.1, 0.15) is 6.92 Å². The van der Waals surface area contributed by atoms with Gasteiger partial charge in [-0.05, 0) is 49.4 Å². The van der Waals surface area contributed by atoms with Gasteiger partial charge in [0, 0.05) is 16.9 Å². The fraction of sp³-hybridized carbons (Fsp3) is 0.125. The maximum atomic E-state index is 13.4. The monoisotopic (exact) mass is 448 g/mol. The third-order valence-corrected chi connectivity index (χ3v) is 5.76. The fourth-order valence-electron chi connectivity index (χ4n) is 3.13. The standard InChI is InChI=1S/C24H21FN4O2S/c1-16(23(30)26-19-10-7-9-18(25)15-19)32-24-28-27-22(17-8-6-13-21(14-17)31-2)29(24)20-11-4-3-5-12-20/h3-16H,1-2H3,(H,26,30). The molecule has 6 nitrogen and oxygen atoms in total. The summed E-state index contributed by atoms with van der Waals surface area (Å²) in [6.45, 7) is 1.77. The van der Waals surface area contributed by atoms with Crippen molar-refractivity contribution in [1.82, 2.24) is 14.8 Å². The Morgan fingerprint density at radius 1 is 1.03 bits per heavy atom. The minimum absolute atomic E-state index is 0.258. The lowest BCUT2D eigenvalue weighted by molar-refractivity contribution is -0.115. The summed E-state index contributed by atoms with van der Waals surface area (Å²) in [4.78, 5) is 12.7. The van der Waals surface area contributed by atoms with E-state index < -0.39 is 11.1 Å². The van der Waals surface area contributed by atoms with E-state index in [-0.39, 0.29) is 5.91 Å². The molecule has 0 aliphatic carbocycles. The van der Waals surface area contributed by atoms with E-state index in [1.807, 2.05) is 59.2 Å². The second-order valence-corrected chi connectivity index (χ2v) is 8.28. The molecule has 1 aromatic heterocycles. The van der Waals surface area contributed by atoms with Crippen molar-refractivity contribution in [1.29, 1.82) is 0 Å². The number of para-hydroxylation sites is 1. The van der Waals surface area contributed by atoms with E-state index in [1.165, 1.54) is 23.9 Å². The van der Waals surface area contributed by atoms with Gasteiger partial charge in [0.15, 0.2) is 11.0 Å². The number of thioether (sulfide) groups is 1. The number of rotatable bonds is 7. The Hall–Kier alpha value is -3.65. The number of anilines is 1. The van der Waals surface area contributed by atoms with Crippen molar-refractivity contribution in [3.05, 3.63) is 84.7 Å². The number of hydrogen-bond acceptors (Lipinski definition) is 5. The van der Waals surface area contributed by atoms with E-state index in [9.17, 15) is 9.18 Å². The summed E-state index contributed by atoms with van der Waals surface area (Å²) >= 11 is 1.27. The van der Waals surface area contributed by atoms with E-state index in [4.69, 9.17) is 4.74 Å². The van der Waals surface area contributed by atoms with Crippen LogP contribution in [0.5, 0.6) is 5.75 Å². The van der Waals surface area contributed by atoms with E-state index >= 15 is 0 Å². The van der Waals surface area contributed by atoms with Gasteiger partial charge in [0.25, 0.3) is 0 Å². The molecule has 0 bridgehead atoms. The summed E-state index contributed by atoms with van der Waals surface area (Å²) in [5, 5.41) is 11.6. The van der Waals surface area contributed by atoms with Crippen LogP contribution in [0.25, 0.3) is 17.1 Å². The summed E-state index contributed by atoms with van der Waals surface area (Å²) in [7, 11) is 1.61. The molecule has 8 heteroatoms. The topological polar surface area (TPSA) is 69.0 Å². The molecule has 0 spiro atoms. The summed E-state index contributed by atoms with van der Waals surface area (Å²) in [5.74, 6) is 0.679. The molecule has 1 amide bonds. The zero-order valence-corrected chi connectivity index (χ0v) is 18.3. The van der Waals surface area contributed by atoms with Crippen molar-refractivity contribution >= 4 is 23.4 Å². The highest BCUT2D eigenvalue weighted by molar-refractivity contribution is 8.00. The Morgan fingerprint density at radius 3 is 2.56 bits per heavy atom. The quantitative estimate of drug-likeness (QED) is 0.394. The largest absolute Gasteiger partial charge is 0.497 e. The van der Waals surface area contributed by atoms with Crippen molar-refractivity contribution in [3.63, 3.8) is 0 Å². The molecule has 32 heavy (non-hydrogen) atoms.